The number of carbonyl (C=O) groups is 2. The van der Waals surface area contributed by atoms with Gasteiger partial charge in [-0.3, -0.25) is 14.6 Å². The van der Waals surface area contributed by atoms with Crippen LogP contribution in [0.4, 0.5) is 5.69 Å². The van der Waals surface area contributed by atoms with Crippen LogP contribution in [0.1, 0.15) is 53.5 Å². The van der Waals surface area contributed by atoms with Crippen molar-refractivity contribution in [3.8, 4) is 5.75 Å². The molecule has 1 fully saturated rings. The summed E-state index contributed by atoms with van der Waals surface area (Å²) in [5.41, 5.74) is 1.28. The SMILES string of the molecule is CCC1CCCCN1C(=O)c1cc(C(=O)Nc2ccccc2OC)ccn1. The Morgan fingerprint density at radius 3 is 2.85 bits per heavy atom. The Morgan fingerprint density at radius 2 is 2.07 bits per heavy atom. The number of para-hydroxylation sites is 2. The minimum absolute atomic E-state index is 0.103. The van der Waals surface area contributed by atoms with Crippen molar-refractivity contribution < 1.29 is 14.3 Å². The zero-order valence-electron chi connectivity index (χ0n) is 15.8. The summed E-state index contributed by atoms with van der Waals surface area (Å²) in [6.45, 7) is 2.84. The van der Waals surface area contributed by atoms with Gasteiger partial charge in [0.25, 0.3) is 11.8 Å². The molecule has 1 aromatic carbocycles. The van der Waals surface area contributed by atoms with Crippen LogP contribution in [0.2, 0.25) is 0 Å². The van der Waals surface area contributed by atoms with Crippen LogP contribution in [0.25, 0.3) is 0 Å². The predicted octanol–water partition coefficient (Wildman–Crippen LogP) is 3.75. The van der Waals surface area contributed by atoms with Gasteiger partial charge in [0.2, 0.25) is 0 Å². The molecule has 1 aliphatic rings. The minimum Gasteiger partial charge on any atom is -0.495 e. The number of piperidine rings is 1. The molecule has 0 spiro atoms. The molecule has 142 valence electrons. The first-order valence-corrected chi connectivity index (χ1v) is 9.35. The van der Waals surface area contributed by atoms with Gasteiger partial charge in [-0.1, -0.05) is 19.1 Å². The molecular formula is C21H25N3O3. The number of amides is 2. The smallest absolute Gasteiger partial charge is 0.272 e. The van der Waals surface area contributed by atoms with E-state index in [-0.39, 0.29) is 17.9 Å². The van der Waals surface area contributed by atoms with E-state index in [1.165, 1.54) is 6.20 Å². The van der Waals surface area contributed by atoms with E-state index < -0.39 is 0 Å². The Kier molecular flexibility index (Phi) is 6.06. The van der Waals surface area contributed by atoms with Gasteiger partial charge in [0.15, 0.2) is 0 Å². The largest absolute Gasteiger partial charge is 0.495 e. The average molecular weight is 367 g/mol. The Morgan fingerprint density at radius 1 is 1.26 bits per heavy atom. The van der Waals surface area contributed by atoms with Crippen LogP contribution >= 0.6 is 0 Å². The van der Waals surface area contributed by atoms with Gasteiger partial charge < -0.3 is 15.0 Å². The number of hydrogen-bond donors (Lipinski definition) is 1. The molecule has 2 heterocycles. The molecule has 1 N–H and O–H groups in total. The highest BCUT2D eigenvalue weighted by Crippen LogP contribution is 2.24. The molecular weight excluding hydrogens is 342 g/mol. The van der Waals surface area contributed by atoms with E-state index in [4.69, 9.17) is 4.74 Å². The second-order valence-electron chi connectivity index (χ2n) is 6.64. The number of pyridine rings is 1. The Bertz CT molecular complexity index is 822. The van der Waals surface area contributed by atoms with Gasteiger partial charge in [0.1, 0.15) is 11.4 Å². The van der Waals surface area contributed by atoms with E-state index >= 15 is 0 Å². The topological polar surface area (TPSA) is 71.5 Å². The predicted molar refractivity (Wildman–Crippen MR) is 104 cm³/mol. The van der Waals surface area contributed by atoms with E-state index in [1.807, 2.05) is 17.0 Å². The van der Waals surface area contributed by atoms with E-state index in [1.54, 1.807) is 31.4 Å². The number of likely N-dealkylation sites (tertiary alicyclic amines) is 1. The van der Waals surface area contributed by atoms with E-state index in [9.17, 15) is 9.59 Å². The fourth-order valence-corrected chi connectivity index (χ4v) is 3.47. The molecule has 0 bridgehead atoms. The van der Waals surface area contributed by atoms with E-state index in [0.717, 1.165) is 32.2 Å². The summed E-state index contributed by atoms with van der Waals surface area (Å²) >= 11 is 0. The summed E-state index contributed by atoms with van der Waals surface area (Å²) in [6.07, 6.45) is 5.62. The molecule has 3 rings (SSSR count). The molecule has 6 nitrogen and oxygen atoms in total. The van der Waals surface area contributed by atoms with Crippen molar-refractivity contribution in [3.05, 3.63) is 53.9 Å². The number of methoxy groups -OCH3 is 1. The van der Waals surface area contributed by atoms with E-state index in [0.29, 0.717) is 22.7 Å². The number of anilines is 1. The zero-order chi connectivity index (χ0) is 19.2. The molecule has 0 saturated carbocycles. The molecule has 0 radical (unpaired) electrons. The van der Waals surface area contributed by atoms with Crippen molar-refractivity contribution >= 4 is 17.5 Å². The zero-order valence-corrected chi connectivity index (χ0v) is 15.8. The highest BCUT2D eigenvalue weighted by molar-refractivity contribution is 6.06. The van der Waals surface area contributed by atoms with Crippen molar-refractivity contribution in [3.63, 3.8) is 0 Å². The van der Waals surface area contributed by atoms with Crippen LogP contribution in [-0.4, -0.2) is 41.4 Å². The number of benzene rings is 1. The summed E-state index contributed by atoms with van der Waals surface area (Å²) in [4.78, 5) is 31.7. The molecule has 0 aliphatic carbocycles. The molecule has 1 saturated heterocycles. The Labute approximate surface area is 159 Å². The summed E-state index contributed by atoms with van der Waals surface area (Å²) in [7, 11) is 1.55. The molecule has 1 atom stereocenters. The van der Waals surface area contributed by atoms with Crippen molar-refractivity contribution in [1.82, 2.24) is 9.88 Å². The quantitative estimate of drug-likeness (QED) is 0.874. The van der Waals surface area contributed by atoms with Gasteiger partial charge in [-0.15, -0.1) is 0 Å². The van der Waals surface area contributed by atoms with Gasteiger partial charge in [0, 0.05) is 24.3 Å². The van der Waals surface area contributed by atoms with Crippen molar-refractivity contribution in [2.24, 2.45) is 0 Å². The van der Waals surface area contributed by atoms with Gasteiger partial charge in [-0.05, 0) is 49.9 Å². The van der Waals surface area contributed by atoms with Gasteiger partial charge >= 0.3 is 0 Å². The van der Waals surface area contributed by atoms with Gasteiger partial charge in [0.05, 0.1) is 12.8 Å². The lowest BCUT2D eigenvalue weighted by Crippen LogP contribution is -2.43. The maximum atomic E-state index is 12.9. The second-order valence-corrected chi connectivity index (χ2v) is 6.64. The molecule has 1 unspecified atom stereocenters. The third kappa shape index (κ3) is 4.27. The summed E-state index contributed by atoms with van der Waals surface area (Å²) < 4.78 is 5.26. The summed E-state index contributed by atoms with van der Waals surface area (Å²) in [5.74, 6) is 0.172. The van der Waals surface area contributed by atoms with Gasteiger partial charge in [-0.2, -0.15) is 0 Å². The normalized spacial score (nSPS) is 16.7. The second kappa shape index (κ2) is 8.66. The third-order valence-corrected chi connectivity index (χ3v) is 4.96. The first-order chi connectivity index (χ1) is 13.1. The highest BCUT2D eigenvalue weighted by Gasteiger charge is 2.27. The van der Waals surface area contributed by atoms with Crippen LogP contribution < -0.4 is 10.1 Å². The third-order valence-electron chi connectivity index (χ3n) is 4.96. The van der Waals surface area contributed by atoms with Crippen molar-refractivity contribution in [2.75, 3.05) is 19.0 Å². The van der Waals surface area contributed by atoms with Crippen LogP contribution in [0.15, 0.2) is 42.6 Å². The number of nitrogens with one attached hydrogen (secondary N) is 1. The minimum atomic E-state index is -0.304. The van der Waals surface area contributed by atoms with Crippen LogP contribution in [-0.2, 0) is 0 Å². The fourth-order valence-electron chi connectivity index (χ4n) is 3.47. The van der Waals surface area contributed by atoms with Crippen LogP contribution in [0, 0.1) is 0 Å². The number of nitrogens with zero attached hydrogens (tertiary/aromatic N) is 2. The molecule has 27 heavy (non-hydrogen) atoms. The first kappa shape index (κ1) is 18.9. The van der Waals surface area contributed by atoms with Crippen LogP contribution in [0.3, 0.4) is 0 Å². The Balaban J connectivity index is 1.78. The number of rotatable bonds is 5. The highest BCUT2D eigenvalue weighted by atomic mass is 16.5. The summed E-state index contributed by atoms with van der Waals surface area (Å²) in [5, 5.41) is 2.83. The van der Waals surface area contributed by atoms with Crippen molar-refractivity contribution in [1.29, 1.82) is 0 Å². The average Bonchev–Trinajstić information content (AvgIpc) is 2.73. The van der Waals surface area contributed by atoms with Gasteiger partial charge in [-0.25, -0.2) is 0 Å². The number of hydrogen-bond acceptors (Lipinski definition) is 4. The van der Waals surface area contributed by atoms with Crippen molar-refractivity contribution in [2.45, 2.75) is 38.6 Å². The lowest BCUT2D eigenvalue weighted by Gasteiger charge is -2.35. The lowest BCUT2D eigenvalue weighted by molar-refractivity contribution is 0.0602. The molecule has 2 amide bonds. The maximum absolute atomic E-state index is 12.9. The molecule has 6 heteroatoms. The maximum Gasteiger partial charge on any atom is 0.272 e. The monoisotopic (exact) mass is 367 g/mol. The fraction of sp³-hybridized carbons (Fsp3) is 0.381. The molecule has 1 aromatic heterocycles. The standard InChI is InChI=1S/C21H25N3O3/c1-3-16-8-6-7-13-24(16)21(26)18-14-15(11-12-22-18)20(25)23-17-9-4-5-10-19(17)27-2/h4-5,9-12,14,16H,3,6-8,13H2,1-2H3,(H,23,25). The first-order valence-electron chi connectivity index (χ1n) is 9.35. The summed E-state index contributed by atoms with van der Waals surface area (Å²) in [6, 6.07) is 10.6. The molecule has 2 aromatic rings. The van der Waals surface area contributed by atoms with E-state index in [2.05, 4.69) is 17.2 Å². The Hall–Kier alpha value is -2.89. The number of aromatic nitrogens is 1. The van der Waals surface area contributed by atoms with Crippen LogP contribution in [0.5, 0.6) is 5.75 Å². The number of carbonyl (C=O) groups excluding carboxylic acids is 2. The molecule has 1 aliphatic heterocycles. The lowest BCUT2D eigenvalue weighted by atomic mass is 9.99. The number of ether oxygens (including phenoxy) is 1.